The van der Waals surface area contributed by atoms with E-state index in [1.807, 2.05) is 12.1 Å². The number of pyridine rings is 1. The van der Waals surface area contributed by atoms with Gasteiger partial charge < -0.3 is 16.0 Å². The Morgan fingerprint density at radius 3 is 2.11 bits per heavy atom. The van der Waals surface area contributed by atoms with E-state index >= 15 is 0 Å². The largest absolute Gasteiger partial charge is 0.384 e. The highest BCUT2D eigenvalue weighted by molar-refractivity contribution is 5.71. The molecule has 2 aromatic heterocycles. The van der Waals surface area contributed by atoms with Crippen molar-refractivity contribution in [1.82, 2.24) is 10.1 Å². The van der Waals surface area contributed by atoms with Crippen LogP contribution in [0.1, 0.15) is 22.4 Å². The van der Waals surface area contributed by atoms with Crippen molar-refractivity contribution in [2.24, 2.45) is 0 Å². The molecule has 0 atom stereocenters. The van der Waals surface area contributed by atoms with Gasteiger partial charge in [-0.15, -0.1) is 0 Å². The van der Waals surface area contributed by atoms with Crippen LogP contribution in [-0.4, -0.2) is 10.1 Å². The second kappa shape index (κ2) is 7.33. The van der Waals surface area contributed by atoms with Crippen LogP contribution in [0.3, 0.4) is 0 Å². The van der Waals surface area contributed by atoms with Crippen LogP contribution in [0.4, 0.5) is 11.6 Å². The van der Waals surface area contributed by atoms with Crippen molar-refractivity contribution in [3.8, 4) is 11.3 Å². The first-order valence-corrected chi connectivity index (χ1v) is 8.77. The second-order valence-corrected chi connectivity index (χ2v) is 6.51. The molecule has 4 rings (SSSR count). The summed E-state index contributed by atoms with van der Waals surface area (Å²) in [6, 6.07) is 24.4. The number of nitrogen functional groups attached to an aromatic ring is 2. The average Bonchev–Trinajstić information content (AvgIpc) is 3.12. The van der Waals surface area contributed by atoms with Crippen molar-refractivity contribution < 1.29 is 4.52 Å². The molecule has 27 heavy (non-hydrogen) atoms. The number of hydrogen-bond donors (Lipinski definition) is 2. The van der Waals surface area contributed by atoms with Crippen LogP contribution in [0.15, 0.2) is 77.3 Å². The highest BCUT2D eigenvalue weighted by Gasteiger charge is 2.11. The fourth-order valence-corrected chi connectivity index (χ4v) is 3.04. The summed E-state index contributed by atoms with van der Waals surface area (Å²) in [4.78, 5) is 4.06. The van der Waals surface area contributed by atoms with Crippen molar-refractivity contribution >= 4 is 11.6 Å². The van der Waals surface area contributed by atoms with E-state index in [1.165, 1.54) is 16.7 Å². The van der Waals surface area contributed by atoms with Gasteiger partial charge in [0.2, 0.25) is 0 Å². The summed E-state index contributed by atoms with van der Waals surface area (Å²) in [7, 11) is 0. The normalized spacial score (nSPS) is 10.8. The molecule has 0 bridgehead atoms. The quantitative estimate of drug-likeness (QED) is 0.562. The molecule has 0 radical (unpaired) electrons. The zero-order valence-corrected chi connectivity index (χ0v) is 14.8. The third-order valence-corrected chi connectivity index (χ3v) is 4.43. The van der Waals surface area contributed by atoms with Crippen molar-refractivity contribution in [3.05, 3.63) is 95.2 Å². The number of benzene rings is 2. The summed E-state index contributed by atoms with van der Waals surface area (Å²) in [6.07, 6.45) is 1.62. The van der Waals surface area contributed by atoms with E-state index in [0.717, 1.165) is 12.1 Å². The highest BCUT2D eigenvalue weighted by atomic mass is 16.5. The molecule has 4 aromatic rings. The van der Waals surface area contributed by atoms with E-state index in [0.29, 0.717) is 29.4 Å². The van der Waals surface area contributed by atoms with Crippen LogP contribution in [0, 0.1) is 0 Å². The average molecular weight is 356 g/mol. The lowest BCUT2D eigenvalue weighted by Crippen LogP contribution is -1.97. The first-order chi connectivity index (χ1) is 13.2. The van der Waals surface area contributed by atoms with Gasteiger partial charge >= 0.3 is 0 Å². The lowest BCUT2D eigenvalue weighted by Gasteiger charge is -2.03. The monoisotopic (exact) mass is 356 g/mol. The number of rotatable bonds is 5. The van der Waals surface area contributed by atoms with Crippen molar-refractivity contribution in [2.75, 3.05) is 11.5 Å². The van der Waals surface area contributed by atoms with E-state index in [1.54, 1.807) is 12.1 Å². The minimum Gasteiger partial charge on any atom is -0.384 e. The van der Waals surface area contributed by atoms with Crippen molar-refractivity contribution in [1.29, 1.82) is 0 Å². The smallest absolute Gasteiger partial charge is 0.170 e. The minimum absolute atomic E-state index is 0.336. The molecule has 0 saturated carbocycles. The Morgan fingerprint density at radius 1 is 0.741 bits per heavy atom. The molecule has 4 N–H and O–H groups in total. The van der Waals surface area contributed by atoms with Gasteiger partial charge in [0.1, 0.15) is 11.6 Å². The molecular weight excluding hydrogens is 336 g/mol. The SMILES string of the molecule is Nc1ccc(-c2cc(Cc3ccc(Cc4ccccc4)cc3)no2)c(N)n1. The van der Waals surface area contributed by atoms with Gasteiger partial charge in [-0.25, -0.2) is 4.98 Å². The van der Waals surface area contributed by atoms with Gasteiger partial charge in [-0.2, -0.15) is 0 Å². The third-order valence-electron chi connectivity index (χ3n) is 4.43. The Labute approximate surface area is 157 Å². The van der Waals surface area contributed by atoms with Gasteiger partial charge in [0, 0.05) is 12.5 Å². The maximum absolute atomic E-state index is 5.92. The fourth-order valence-electron chi connectivity index (χ4n) is 3.04. The molecule has 0 saturated heterocycles. The summed E-state index contributed by atoms with van der Waals surface area (Å²) < 4.78 is 5.44. The molecule has 0 amide bonds. The third kappa shape index (κ3) is 3.98. The predicted octanol–water partition coefficient (Wildman–Crippen LogP) is 4.08. The molecule has 2 aromatic carbocycles. The lowest BCUT2D eigenvalue weighted by atomic mass is 10.0. The molecule has 0 aliphatic carbocycles. The van der Waals surface area contributed by atoms with Crippen LogP contribution in [0.25, 0.3) is 11.3 Å². The van der Waals surface area contributed by atoms with Crippen LogP contribution in [0.5, 0.6) is 0 Å². The van der Waals surface area contributed by atoms with Crippen LogP contribution >= 0.6 is 0 Å². The summed E-state index contributed by atoms with van der Waals surface area (Å²) in [5.41, 5.74) is 16.9. The maximum Gasteiger partial charge on any atom is 0.170 e. The molecular formula is C22H20N4O. The fraction of sp³-hybridized carbons (Fsp3) is 0.0909. The Hall–Kier alpha value is -3.60. The standard InChI is InChI=1S/C22H20N4O/c23-21-11-10-19(22(24)25-21)20-14-18(26-27-20)13-17-8-6-16(7-9-17)12-15-4-2-1-3-5-15/h1-11,14H,12-13H2,(H4,23,24,25). The van der Waals surface area contributed by atoms with Crippen LogP contribution in [0.2, 0.25) is 0 Å². The van der Waals surface area contributed by atoms with E-state index < -0.39 is 0 Å². The van der Waals surface area contributed by atoms with E-state index in [4.69, 9.17) is 16.0 Å². The van der Waals surface area contributed by atoms with E-state index in [9.17, 15) is 0 Å². The first kappa shape index (κ1) is 16.8. The zero-order valence-electron chi connectivity index (χ0n) is 14.8. The molecule has 0 unspecified atom stereocenters. The molecule has 134 valence electrons. The molecule has 0 fully saturated rings. The molecule has 2 heterocycles. The minimum atomic E-state index is 0.336. The van der Waals surface area contributed by atoms with Gasteiger partial charge in [-0.1, -0.05) is 59.8 Å². The van der Waals surface area contributed by atoms with Crippen LogP contribution < -0.4 is 11.5 Å². The Kier molecular flexibility index (Phi) is 4.58. The van der Waals surface area contributed by atoms with E-state index in [2.05, 4.69) is 58.7 Å². The molecule has 0 aliphatic rings. The summed E-state index contributed by atoms with van der Waals surface area (Å²) >= 11 is 0. The Balaban J connectivity index is 1.46. The zero-order chi connectivity index (χ0) is 18.6. The van der Waals surface area contributed by atoms with Gasteiger partial charge in [0.15, 0.2) is 5.76 Å². The maximum atomic E-state index is 5.92. The second-order valence-electron chi connectivity index (χ2n) is 6.51. The van der Waals surface area contributed by atoms with Crippen LogP contribution in [-0.2, 0) is 12.8 Å². The highest BCUT2D eigenvalue weighted by Crippen LogP contribution is 2.26. The topological polar surface area (TPSA) is 91.0 Å². The first-order valence-electron chi connectivity index (χ1n) is 8.77. The summed E-state index contributed by atoms with van der Waals surface area (Å²) in [6.45, 7) is 0. The predicted molar refractivity (Wildman–Crippen MR) is 107 cm³/mol. The number of nitrogens with two attached hydrogens (primary N) is 2. The molecule has 0 spiro atoms. The molecule has 5 nitrogen and oxygen atoms in total. The van der Waals surface area contributed by atoms with E-state index in [-0.39, 0.29) is 0 Å². The van der Waals surface area contributed by atoms with Crippen molar-refractivity contribution in [3.63, 3.8) is 0 Å². The number of anilines is 2. The van der Waals surface area contributed by atoms with Gasteiger partial charge in [0.05, 0.1) is 11.3 Å². The van der Waals surface area contributed by atoms with Gasteiger partial charge in [-0.3, -0.25) is 0 Å². The Morgan fingerprint density at radius 2 is 1.41 bits per heavy atom. The number of aromatic nitrogens is 2. The summed E-state index contributed by atoms with van der Waals surface area (Å²) in [5, 5.41) is 4.15. The van der Waals surface area contributed by atoms with Gasteiger partial charge in [-0.05, 0) is 35.2 Å². The van der Waals surface area contributed by atoms with Crippen molar-refractivity contribution in [2.45, 2.75) is 12.8 Å². The summed E-state index contributed by atoms with van der Waals surface area (Å²) in [5.74, 6) is 1.31. The van der Waals surface area contributed by atoms with Gasteiger partial charge in [0.25, 0.3) is 0 Å². The lowest BCUT2D eigenvalue weighted by molar-refractivity contribution is 0.425. The molecule has 5 heteroatoms. The Bertz CT molecular complexity index is 1040. The number of hydrogen-bond acceptors (Lipinski definition) is 5. The number of nitrogens with zero attached hydrogens (tertiary/aromatic N) is 2. The molecule has 0 aliphatic heterocycles.